The average Bonchev–Trinajstić information content (AvgIpc) is 2.04. The Balaban J connectivity index is 2.98. The van der Waals surface area contributed by atoms with Gasteiger partial charge in [0.1, 0.15) is 5.15 Å². The van der Waals surface area contributed by atoms with Crippen molar-refractivity contribution in [1.29, 1.82) is 0 Å². The van der Waals surface area contributed by atoms with E-state index in [2.05, 4.69) is 4.98 Å². The topological polar surface area (TPSA) is 70.8 Å². The minimum atomic E-state index is -1.25. The van der Waals surface area contributed by atoms with Crippen molar-refractivity contribution in [2.75, 3.05) is 0 Å². The molecule has 1 aromatic rings. The molecule has 1 aromatic heterocycles. The Morgan fingerprint density at radius 3 is 2.50 bits per heavy atom. The summed E-state index contributed by atoms with van der Waals surface area (Å²) in [5, 5.41) is 0.240. The monoisotopic (exact) mass is 183 g/mol. The van der Waals surface area contributed by atoms with Crippen LogP contribution in [0.3, 0.4) is 0 Å². The van der Waals surface area contributed by atoms with Gasteiger partial charge in [-0.15, -0.1) is 0 Å². The first-order valence-electron chi connectivity index (χ1n) is 3.03. The summed E-state index contributed by atoms with van der Waals surface area (Å²) >= 11 is 5.44. The van der Waals surface area contributed by atoms with Crippen LogP contribution in [0.2, 0.25) is 5.15 Å². The quantitative estimate of drug-likeness (QED) is 0.386. The lowest BCUT2D eigenvalue weighted by atomic mass is 10.2. The molecule has 0 saturated heterocycles. The number of amides is 1. The largest absolute Gasteiger partial charge is 0.310 e. The van der Waals surface area contributed by atoms with Crippen molar-refractivity contribution in [2.45, 2.75) is 0 Å². The summed E-state index contributed by atoms with van der Waals surface area (Å²) in [5.41, 5.74) is 6.61. The third-order valence-electron chi connectivity index (χ3n) is 1.20. The van der Waals surface area contributed by atoms with Crippen molar-refractivity contribution in [3.63, 3.8) is 0 Å². The van der Waals surface area contributed by atoms with Crippen LogP contribution < -0.4 is 5.73 Å². The van der Waals surface area contributed by atoms with E-state index in [1.807, 2.05) is 0 Å². The van der Waals surface area contributed by atoms with Crippen molar-refractivity contribution < 1.29 is 9.59 Å². The second-order valence-electron chi connectivity index (χ2n) is 2.03. The van der Waals surface area contributed by atoms with Gasteiger partial charge in [-0.05, 0) is 12.1 Å². The van der Waals surface area contributed by atoms with Crippen LogP contribution in [-0.4, -0.2) is 16.7 Å². The first kappa shape index (κ1) is 8.67. The van der Waals surface area contributed by atoms with Crippen LogP contribution in [-0.2, 0) is 4.79 Å². The first-order valence-corrected chi connectivity index (χ1v) is 3.41. The van der Waals surface area contributed by atoms with Crippen molar-refractivity contribution in [2.24, 2.45) is 0 Å². The lowest BCUT2D eigenvalue weighted by molar-refractivity contribution is -0.114. The predicted octanol–water partition coefficient (Wildman–Crippen LogP) is 0.727. The Kier molecular flexibility index (Phi) is 2.40. The SMILES string of the molecule is [NH]C(=O)C(=O)c1ccc(Cl)nc1. The van der Waals surface area contributed by atoms with Gasteiger partial charge in [0.2, 0.25) is 0 Å². The highest BCUT2D eigenvalue weighted by Gasteiger charge is 2.12. The van der Waals surface area contributed by atoms with Crippen LogP contribution in [0, 0.1) is 0 Å². The number of ketones is 1. The number of halogens is 1. The van der Waals surface area contributed by atoms with Crippen LogP contribution in [0.4, 0.5) is 0 Å². The summed E-state index contributed by atoms with van der Waals surface area (Å²) < 4.78 is 0. The second-order valence-corrected chi connectivity index (χ2v) is 2.42. The first-order chi connectivity index (χ1) is 5.61. The maximum atomic E-state index is 10.8. The fraction of sp³-hybridized carbons (Fsp3) is 0. The summed E-state index contributed by atoms with van der Waals surface area (Å²) in [7, 11) is 0. The number of pyridine rings is 1. The van der Waals surface area contributed by atoms with Crippen LogP contribution in [0.25, 0.3) is 0 Å². The van der Waals surface area contributed by atoms with Crippen molar-refractivity contribution in [3.8, 4) is 0 Å². The number of hydrogen-bond acceptors (Lipinski definition) is 3. The molecule has 0 saturated carbocycles. The van der Waals surface area contributed by atoms with E-state index in [1.165, 1.54) is 12.1 Å². The number of Topliss-reactive ketones (excluding diaryl/α,β-unsaturated/α-hetero) is 1. The van der Waals surface area contributed by atoms with Gasteiger partial charge in [0.15, 0.2) is 0 Å². The lowest BCUT2D eigenvalue weighted by Crippen LogP contribution is -2.14. The Labute approximate surface area is 73.3 Å². The Morgan fingerprint density at radius 2 is 2.08 bits per heavy atom. The van der Waals surface area contributed by atoms with Gasteiger partial charge in [0, 0.05) is 11.8 Å². The molecule has 12 heavy (non-hydrogen) atoms. The molecule has 0 spiro atoms. The van der Waals surface area contributed by atoms with Gasteiger partial charge in [-0.1, -0.05) is 11.6 Å². The fourth-order valence-electron chi connectivity index (χ4n) is 0.641. The van der Waals surface area contributed by atoms with Crippen LogP contribution in [0.15, 0.2) is 18.3 Å². The van der Waals surface area contributed by atoms with E-state index < -0.39 is 11.7 Å². The highest BCUT2D eigenvalue weighted by molar-refractivity contribution is 6.42. The molecule has 1 amide bonds. The lowest BCUT2D eigenvalue weighted by Gasteiger charge is -1.93. The zero-order valence-corrected chi connectivity index (χ0v) is 6.63. The molecular weight excluding hydrogens is 180 g/mol. The van der Waals surface area contributed by atoms with E-state index in [-0.39, 0.29) is 10.7 Å². The average molecular weight is 184 g/mol. The molecule has 0 unspecified atom stereocenters. The van der Waals surface area contributed by atoms with E-state index >= 15 is 0 Å². The van der Waals surface area contributed by atoms with Crippen molar-refractivity contribution in [3.05, 3.63) is 29.0 Å². The number of aromatic nitrogens is 1. The summed E-state index contributed by atoms with van der Waals surface area (Å²) in [6.07, 6.45) is 1.16. The van der Waals surface area contributed by atoms with Crippen LogP contribution in [0.5, 0.6) is 0 Å². The molecule has 1 heterocycles. The molecular formula is C7H4ClN2O2. The van der Waals surface area contributed by atoms with Gasteiger partial charge in [0.25, 0.3) is 5.78 Å². The summed E-state index contributed by atoms with van der Waals surface area (Å²) in [6.45, 7) is 0. The van der Waals surface area contributed by atoms with Gasteiger partial charge >= 0.3 is 5.91 Å². The smallest absolute Gasteiger partial charge is 0.283 e. The number of nitrogens with zero attached hydrogens (tertiary/aromatic N) is 1. The third-order valence-corrected chi connectivity index (χ3v) is 1.42. The highest BCUT2D eigenvalue weighted by Crippen LogP contribution is 2.05. The molecule has 0 aliphatic carbocycles. The van der Waals surface area contributed by atoms with Crippen molar-refractivity contribution >= 4 is 23.3 Å². The molecule has 0 aromatic carbocycles. The van der Waals surface area contributed by atoms with Crippen LogP contribution in [0.1, 0.15) is 10.4 Å². The van der Waals surface area contributed by atoms with Gasteiger partial charge in [-0.3, -0.25) is 15.3 Å². The molecule has 4 nitrogen and oxygen atoms in total. The van der Waals surface area contributed by atoms with Gasteiger partial charge < -0.3 is 0 Å². The molecule has 0 bridgehead atoms. The predicted molar refractivity (Wildman–Crippen MR) is 41.7 cm³/mol. The van der Waals surface area contributed by atoms with E-state index in [4.69, 9.17) is 17.3 Å². The molecule has 61 valence electrons. The molecule has 1 rings (SSSR count). The van der Waals surface area contributed by atoms with E-state index in [0.29, 0.717) is 0 Å². The zero-order chi connectivity index (χ0) is 9.14. The summed E-state index contributed by atoms with van der Waals surface area (Å²) in [6, 6.07) is 2.74. The zero-order valence-electron chi connectivity index (χ0n) is 5.87. The Morgan fingerprint density at radius 1 is 1.42 bits per heavy atom. The molecule has 0 fully saturated rings. The Bertz CT molecular complexity index is 321. The Hall–Kier alpha value is -1.42. The minimum absolute atomic E-state index is 0.0828. The number of carbonyl (C=O) groups is 2. The van der Waals surface area contributed by atoms with E-state index in [0.717, 1.165) is 6.20 Å². The maximum absolute atomic E-state index is 10.8. The number of hydrogen-bond donors (Lipinski definition) is 0. The fourth-order valence-corrected chi connectivity index (χ4v) is 0.753. The summed E-state index contributed by atoms with van der Waals surface area (Å²) in [4.78, 5) is 24.7. The van der Waals surface area contributed by atoms with Crippen molar-refractivity contribution in [1.82, 2.24) is 10.7 Å². The van der Waals surface area contributed by atoms with Crippen LogP contribution >= 0.6 is 11.6 Å². The number of carbonyl (C=O) groups excluding carboxylic acids is 2. The molecule has 0 aliphatic heterocycles. The van der Waals surface area contributed by atoms with Gasteiger partial charge in [-0.2, -0.15) is 0 Å². The molecule has 1 N–H and O–H groups in total. The van der Waals surface area contributed by atoms with E-state index in [1.54, 1.807) is 0 Å². The minimum Gasteiger partial charge on any atom is -0.283 e. The van der Waals surface area contributed by atoms with Gasteiger partial charge in [-0.25, -0.2) is 4.98 Å². The van der Waals surface area contributed by atoms with Gasteiger partial charge in [0.05, 0.1) is 0 Å². The highest BCUT2D eigenvalue weighted by atomic mass is 35.5. The van der Waals surface area contributed by atoms with E-state index in [9.17, 15) is 9.59 Å². The third kappa shape index (κ3) is 1.79. The molecule has 5 heteroatoms. The number of rotatable bonds is 2. The number of nitrogens with one attached hydrogen (secondary N) is 1. The molecule has 0 atom stereocenters. The molecule has 1 radical (unpaired) electrons. The maximum Gasteiger partial charge on any atom is 0.310 e. The molecule has 0 aliphatic rings. The second kappa shape index (κ2) is 3.32. The summed E-state index contributed by atoms with van der Waals surface area (Å²) in [5.74, 6) is -2.13. The normalized spacial score (nSPS) is 9.42. The standard InChI is InChI=1S/C7H4ClN2O2/c8-5-2-1-4(3-10-5)6(11)7(9)12/h1-3,9H.